The molecule has 0 spiro atoms. The van der Waals surface area contributed by atoms with E-state index in [-0.39, 0.29) is 0 Å². The third-order valence-corrected chi connectivity index (χ3v) is 6.22. The summed E-state index contributed by atoms with van der Waals surface area (Å²) in [5, 5.41) is 4.11. The highest BCUT2D eigenvalue weighted by atomic mass is 15.0. The maximum atomic E-state index is 4.11. The summed E-state index contributed by atoms with van der Waals surface area (Å²) in [6.45, 7) is 0. The zero-order valence-electron chi connectivity index (χ0n) is 16.9. The van der Waals surface area contributed by atoms with Crippen LogP contribution in [0.15, 0.2) is 72.4 Å². The van der Waals surface area contributed by atoms with E-state index >= 15 is 0 Å². The molecule has 3 rings (SSSR count). The highest BCUT2D eigenvalue weighted by molar-refractivity contribution is 5.33. The predicted octanol–water partition coefficient (Wildman–Crippen LogP) is 6.97. The molecule has 2 atom stereocenters. The molecule has 3 aliphatic rings. The van der Waals surface area contributed by atoms with Gasteiger partial charge in [-0.15, -0.1) is 0 Å². The van der Waals surface area contributed by atoms with E-state index in [1.54, 1.807) is 0 Å². The lowest BCUT2D eigenvalue weighted by Gasteiger charge is -2.28. The molecule has 2 fully saturated rings. The Hall–Kier alpha value is -1.60. The van der Waals surface area contributed by atoms with Crippen molar-refractivity contribution in [3.8, 4) is 0 Å². The van der Waals surface area contributed by atoms with E-state index in [1.165, 1.54) is 76.2 Å². The Morgan fingerprint density at radius 3 is 1.85 bits per heavy atom. The zero-order valence-corrected chi connectivity index (χ0v) is 16.9. The predicted molar refractivity (Wildman–Crippen MR) is 119 cm³/mol. The number of rotatable bonds is 3. The summed E-state index contributed by atoms with van der Waals surface area (Å²) in [5.74, 6) is 0.648. The van der Waals surface area contributed by atoms with Crippen molar-refractivity contribution in [2.45, 2.75) is 82.7 Å². The third kappa shape index (κ3) is 7.14. The molecule has 0 saturated heterocycles. The summed E-state index contributed by atoms with van der Waals surface area (Å²) in [5.41, 5.74) is 1.48. The first-order valence-corrected chi connectivity index (χ1v) is 11.2. The van der Waals surface area contributed by atoms with Gasteiger partial charge in [-0.3, -0.25) is 0 Å². The largest absolute Gasteiger partial charge is 0.311 e. The van der Waals surface area contributed by atoms with Crippen molar-refractivity contribution < 1.29 is 0 Å². The Kier molecular flexibility index (Phi) is 8.93. The Morgan fingerprint density at radius 2 is 1.15 bits per heavy atom. The van der Waals surface area contributed by atoms with E-state index in [0.717, 1.165) is 6.04 Å². The third-order valence-electron chi connectivity index (χ3n) is 6.22. The molecule has 0 radical (unpaired) electrons. The van der Waals surface area contributed by atoms with Crippen molar-refractivity contribution in [1.82, 2.24) is 5.32 Å². The molecule has 0 aliphatic heterocycles. The van der Waals surface area contributed by atoms with Crippen molar-refractivity contribution in [2.75, 3.05) is 0 Å². The van der Waals surface area contributed by atoms with E-state index in [0.29, 0.717) is 12.0 Å². The van der Waals surface area contributed by atoms with Crippen molar-refractivity contribution in [3.63, 3.8) is 0 Å². The van der Waals surface area contributed by atoms with Gasteiger partial charge in [-0.1, -0.05) is 112 Å². The fourth-order valence-electron chi connectivity index (χ4n) is 4.75. The van der Waals surface area contributed by atoms with Crippen LogP contribution in [0.2, 0.25) is 0 Å². The first-order chi connectivity index (χ1) is 13.4. The quantitative estimate of drug-likeness (QED) is 0.571. The number of hydrogen-bond donors (Lipinski definition) is 1. The molecule has 2 saturated carbocycles. The van der Waals surface area contributed by atoms with Crippen LogP contribution in [0.1, 0.15) is 70.6 Å². The van der Waals surface area contributed by atoms with E-state index in [1.807, 2.05) is 0 Å². The lowest BCUT2D eigenvalue weighted by molar-refractivity contribution is 0.348. The molecular formula is C26H37N. The second-order valence-corrected chi connectivity index (χ2v) is 8.27. The maximum absolute atomic E-state index is 4.11. The van der Waals surface area contributed by atoms with Gasteiger partial charge in [0.2, 0.25) is 0 Å². The average molecular weight is 364 g/mol. The van der Waals surface area contributed by atoms with Crippen LogP contribution in [0.3, 0.4) is 0 Å². The molecule has 0 amide bonds. The molecule has 1 heteroatoms. The molecule has 1 N–H and O–H groups in total. The molecule has 3 aliphatic carbocycles. The fourth-order valence-corrected chi connectivity index (χ4v) is 4.75. The van der Waals surface area contributed by atoms with E-state index in [4.69, 9.17) is 0 Å². The maximum Gasteiger partial charge on any atom is 0.0138 e. The van der Waals surface area contributed by atoms with Crippen molar-refractivity contribution >= 4 is 0 Å². The van der Waals surface area contributed by atoms with Crippen LogP contribution in [-0.4, -0.2) is 12.1 Å². The van der Waals surface area contributed by atoms with Crippen molar-refractivity contribution in [1.29, 1.82) is 0 Å². The van der Waals surface area contributed by atoms with E-state index < -0.39 is 0 Å². The van der Waals surface area contributed by atoms with Gasteiger partial charge in [-0.2, -0.15) is 0 Å². The summed E-state index contributed by atoms with van der Waals surface area (Å²) in [7, 11) is 0. The molecule has 0 bridgehead atoms. The minimum Gasteiger partial charge on any atom is -0.311 e. The monoisotopic (exact) mass is 363 g/mol. The summed E-state index contributed by atoms with van der Waals surface area (Å²) < 4.78 is 0. The van der Waals surface area contributed by atoms with Crippen molar-refractivity contribution in [2.24, 2.45) is 5.92 Å². The molecule has 146 valence electrons. The molecule has 0 aromatic rings. The van der Waals surface area contributed by atoms with Crippen LogP contribution in [-0.2, 0) is 0 Å². The Balaban J connectivity index is 1.67. The van der Waals surface area contributed by atoms with Gasteiger partial charge in [0.15, 0.2) is 0 Å². The van der Waals surface area contributed by atoms with Crippen LogP contribution in [0, 0.1) is 5.92 Å². The lowest BCUT2D eigenvalue weighted by Crippen LogP contribution is -2.40. The van der Waals surface area contributed by atoms with Gasteiger partial charge in [-0.25, -0.2) is 0 Å². The lowest BCUT2D eigenvalue weighted by atomic mass is 9.91. The highest BCUT2D eigenvalue weighted by Crippen LogP contribution is 2.33. The van der Waals surface area contributed by atoms with Crippen LogP contribution in [0.25, 0.3) is 0 Å². The van der Waals surface area contributed by atoms with Crippen molar-refractivity contribution in [3.05, 3.63) is 72.4 Å². The van der Waals surface area contributed by atoms with Crippen LogP contribution >= 0.6 is 0 Å². The highest BCUT2D eigenvalue weighted by Gasteiger charge is 2.30. The standard InChI is InChI=1S/C26H37N/c1-2-4-8-12-17-23(18-13-9-5-3-1)25-21-16-22-26(25)27-24-19-14-10-6-7-11-15-20-24/h1-5,8-9,12-13,17-18,24-27H,6-7,10-11,14-16,19-22H2/b2-1-,3-1?,4-2?,5-3-,8-4-,9-5?,12-8?,13-9-,17-12-,18-13?,23-17?,23-18+. The van der Waals surface area contributed by atoms with Gasteiger partial charge in [0.1, 0.15) is 0 Å². The van der Waals surface area contributed by atoms with E-state index in [2.05, 4.69) is 72.2 Å². The minimum atomic E-state index is 0.646. The summed E-state index contributed by atoms with van der Waals surface area (Å²) >= 11 is 0. The second kappa shape index (κ2) is 12.0. The molecule has 0 aromatic heterocycles. The first-order valence-electron chi connectivity index (χ1n) is 11.2. The Morgan fingerprint density at radius 1 is 0.556 bits per heavy atom. The van der Waals surface area contributed by atoms with E-state index in [9.17, 15) is 0 Å². The molecule has 27 heavy (non-hydrogen) atoms. The van der Waals surface area contributed by atoms with Gasteiger partial charge in [0.05, 0.1) is 0 Å². The number of hydrogen-bond acceptors (Lipinski definition) is 1. The second-order valence-electron chi connectivity index (χ2n) is 8.27. The molecule has 1 nitrogen and oxygen atoms in total. The molecule has 2 unspecified atom stereocenters. The van der Waals surface area contributed by atoms with Crippen LogP contribution < -0.4 is 5.32 Å². The van der Waals surface area contributed by atoms with Crippen LogP contribution in [0.5, 0.6) is 0 Å². The fraction of sp³-hybridized carbons (Fsp3) is 0.538. The SMILES string of the molecule is C1=C\C=C/C=C\C(C2CCCC2NC2CCCCCCCC2)=C/C=C\C=C/1. The topological polar surface area (TPSA) is 12.0 Å². The average Bonchev–Trinajstić information content (AvgIpc) is 3.16. The number of nitrogens with one attached hydrogen (secondary N) is 1. The van der Waals surface area contributed by atoms with Crippen LogP contribution in [0.4, 0.5) is 0 Å². The Bertz CT molecular complexity index is 592. The van der Waals surface area contributed by atoms with Gasteiger partial charge in [0, 0.05) is 12.1 Å². The summed E-state index contributed by atoms with van der Waals surface area (Å²) in [4.78, 5) is 0. The molecular weight excluding hydrogens is 326 g/mol. The first kappa shape index (κ1) is 20.1. The van der Waals surface area contributed by atoms with Gasteiger partial charge in [0.25, 0.3) is 0 Å². The summed E-state index contributed by atoms with van der Waals surface area (Å²) in [6.07, 6.45) is 39.1. The minimum absolute atomic E-state index is 0.646. The Labute approximate surface area is 166 Å². The van der Waals surface area contributed by atoms with Gasteiger partial charge in [-0.05, 0) is 37.2 Å². The number of allylic oxidation sites excluding steroid dienone is 11. The summed E-state index contributed by atoms with van der Waals surface area (Å²) in [6, 6.07) is 1.38. The van der Waals surface area contributed by atoms with Gasteiger partial charge < -0.3 is 5.32 Å². The normalized spacial score (nSPS) is 35.9. The zero-order chi connectivity index (χ0) is 18.6. The smallest absolute Gasteiger partial charge is 0.0138 e. The van der Waals surface area contributed by atoms with Gasteiger partial charge >= 0.3 is 0 Å². The molecule has 0 aromatic carbocycles. The molecule has 0 heterocycles.